The van der Waals surface area contributed by atoms with Gasteiger partial charge in [0.15, 0.2) is 0 Å². The summed E-state index contributed by atoms with van der Waals surface area (Å²) in [5, 5.41) is 0.197. The van der Waals surface area contributed by atoms with E-state index in [1.54, 1.807) is 35.2 Å². The second-order valence-electron chi connectivity index (χ2n) is 6.16. The van der Waals surface area contributed by atoms with E-state index >= 15 is 0 Å². The van der Waals surface area contributed by atoms with Gasteiger partial charge in [0, 0.05) is 5.02 Å². The molecule has 0 bridgehead atoms. The molecule has 6 nitrogen and oxygen atoms in total. The van der Waals surface area contributed by atoms with Gasteiger partial charge < -0.3 is 9.80 Å². The van der Waals surface area contributed by atoms with E-state index in [4.69, 9.17) is 11.6 Å². The Morgan fingerprint density at radius 2 is 1.88 bits per heavy atom. The highest BCUT2D eigenvalue weighted by Crippen LogP contribution is 2.32. The van der Waals surface area contributed by atoms with Crippen LogP contribution in [0.4, 0.5) is 4.79 Å². The highest BCUT2D eigenvalue weighted by Gasteiger charge is 2.37. The van der Waals surface area contributed by atoms with E-state index in [0.29, 0.717) is 23.0 Å². The van der Waals surface area contributed by atoms with E-state index in [2.05, 4.69) is 7.05 Å². The van der Waals surface area contributed by atoms with Crippen molar-refractivity contribution >= 4 is 46.5 Å². The van der Waals surface area contributed by atoms with Gasteiger partial charge in [-0.2, -0.15) is 0 Å². The average Bonchev–Trinajstić information content (AvgIpc) is 2.85. The number of piperazine rings is 1. The van der Waals surface area contributed by atoms with Gasteiger partial charge in [0.05, 0.1) is 38.1 Å². The van der Waals surface area contributed by atoms with Crippen LogP contribution in [0.5, 0.6) is 0 Å². The fourth-order valence-corrected chi connectivity index (χ4v) is 3.68. The summed E-state index contributed by atoms with van der Waals surface area (Å²) in [5.41, 5.74) is 0.781. The maximum Gasteiger partial charge on any atom is 0.294 e. The van der Waals surface area contributed by atoms with Crippen LogP contribution in [-0.4, -0.2) is 66.6 Å². The van der Waals surface area contributed by atoms with Gasteiger partial charge in [-0.15, -0.1) is 0 Å². The third-order valence-electron chi connectivity index (χ3n) is 4.30. The lowest BCUT2D eigenvalue weighted by Crippen LogP contribution is -3.12. The fourth-order valence-electron chi connectivity index (χ4n) is 2.72. The summed E-state index contributed by atoms with van der Waals surface area (Å²) >= 11 is 6.71. The summed E-state index contributed by atoms with van der Waals surface area (Å²) < 4.78 is 0. The number of nitrogens with zero attached hydrogens (tertiary/aromatic N) is 2. The normalized spacial score (nSPS) is 20.6. The van der Waals surface area contributed by atoms with Gasteiger partial charge in [0.25, 0.3) is 11.1 Å². The van der Waals surface area contributed by atoms with Crippen molar-refractivity contribution in [2.24, 2.45) is 0 Å². The molecule has 0 spiro atoms. The number of quaternary nitrogens is 1. The van der Waals surface area contributed by atoms with Crippen LogP contribution in [0.25, 0.3) is 6.08 Å². The van der Waals surface area contributed by atoms with Gasteiger partial charge in [-0.25, -0.2) is 0 Å². The lowest BCUT2D eigenvalue weighted by atomic mass is 10.2. The molecular formula is C17H19ClN3O3S+. The van der Waals surface area contributed by atoms with Gasteiger partial charge in [-0.1, -0.05) is 23.7 Å². The zero-order chi connectivity index (χ0) is 18.0. The Morgan fingerprint density at radius 3 is 2.52 bits per heavy atom. The predicted molar refractivity (Wildman–Crippen MR) is 97.3 cm³/mol. The molecule has 0 aromatic heterocycles. The van der Waals surface area contributed by atoms with Crippen molar-refractivity contribution in [3.05, 3.63) is 39.8 Å². The van der Waals surface area contributed by atoms with Crippen molar-refractivity contribution in [3.8, 4) is 0 Å². The minimum absolute atomic E-state index is 0.178. The highest BCUT2D eigenvalue weighted by atomic mass is 35.5. The molecule has 8 heteroatoms. The molecule has 0 saturated carbocycles. The molecule has 2 heterocycles. The third kappa shape index (κ3) is 4.23. The number of halogens is 1. The van der Waals surface area contributed by atoms with Crippen LogP contribution >= 0.6 is 23.4 Å². The molecular weight excluding hydrogens is 362 g/mol. The second kappa shape index (κ2) is 7.59. The van der Waals surface area contributed by atoms with Crippen molar-refractivity contribution < 1.29 is 19.3 Å². The smallest absolute Gasteiger partial charge is 0.294 e. The SMILES string of the molecule is C[NH+]1CCN(C(=O)CN2C(=O)S/C(=C/c3ccc(Cl)cc3)C2=O)CC1. The molecule has 2 aliphatic rings. The van der Waals surface area contributed by atoms with Crippen LogP contribution in [0, 0.1) is 0 Å². The van der Waals surface area contributed by atoms with Gasteiger partial charge >= 0.3 is 0 Å². The van der Waals surface area contributed by atoms with Crippen LogP contribution in [0.2, 0.25) is 5.02 Å². The zero-order valence-corrected chi connectivity index (χ0v) is 15.4. The van der Waals surface area contributed by atoms with Crippen LogP contribution in [0.1, 0.15) is 5.56 Å². The average molecular weight is 381 g/mol. The number of rotatable bonds is 3. The highest BCUT2D eigenvalue weighted by molar-refractivity contribution is 8.18. The number of hydrogen-bond acceptors (Lipinski definition) is 4. The third-order valence-corrected chi connectivity index (χ3v) is 5.46. The fraction of sp³-hybridized carbons (Fsp3) is 0.353. The van der Waals surface area contributed by atoms with Gasteiger partial charge in [0.2, 0.25) is 5.91 Å². The minimum atomic E-state index is -0.418. The lowest BCUT2D eigenvalue weighted by molar-refractivity contribution is -0.883. The van der Waals surface area contributed by atoms with E-state index in [0.717, 1.165) is 35.3 Å². The monoisotopic (exact) mass is 380 g/mol. The molecule has 2 fully saturated rings. The Morgan fingerprint density at radius 1 is 1.24 bits per heavy atom. The summed E-state index contributed by atoms with van der Waals surface area (Å²) in [4.78, 5) is 41.4. The Kier molecular flexibility index (Phi) is 5.46. The molecule has 2 saturated heterocycles. The van der Waals surface area contributed by atoms with E-state index in [1.807, 2.05) is 0 Å². The standard InChI is InChI=1S/C17H18ClN3O3S/c1-19-6-8-20(9-7-19)15(22)11-21-16(23)14(25-17(21)24)10-12-2-4-13(18)5-3-12/h2-5,10H,6-9,11H2,1H3/p+1/b14-10+. The first-order chi connectivity index (χ1) is 11.9. The number of carbonyl (C=O) groups excluding carboxylic acids is 3. The summed E-state index contributed by atoms with van der Waals surface area (Å²) in [6, 6.07) is 6.98. The number of carbonyl (C=O) groups is 3. The van der Waals surface area contributed by atoms with Gasteiger partial charge in [-0.05, 0) is 35.5 Å². The number of hydrogen-bond donors (Lipinski definition) is 1. The van der Waals surface area contributed by atoms with E-state index < -0.39 is 11.1 Å². The molecule has 1 aromatic carbocycles. The molecule has 0 radical (unpaired) electrons. The summed E-state index contributed by atoms with van der Waals surface area (Å²) in [5.74, 6) is -0.597. The quantitative estimate of drug-likeness (QED) is 0.785. The Hall–Kier alpha value is -1.83. The van der Waals surface area contributed by atoms with E-state index in [-0.39, 0.29) is 12.5 Å². The number of amides is 3. The Balaban J connectivity index is 1.67. The molecule has 0 aliphatic carbocycles. The lowest BCUT2D eigenvalue weighted by Gasteiger charge is -2.30. The van der Waals surface area contributed by atoms with Crippen LogP contribution < -0.4 is 4.90 Å². The summed E-state index contributed by atoms with van der Waals surface area (Å²) in [7, 11) is 2.08. The largest absolute Gasteiger partial charge is 0.334 e. The molecule has 1 aromatic rings. The molecule has 25 heavy (non-hydrogen) atoms. The van der Waals surface area contributed by atoms with E-state index in [1.165, 1.54) is 4.90 Å². The number of benzene rings is 1. The topological polar surface area (TPSA) is 62.1 Å². The zero-order valence-electron chi connectivity index (χ0n) is 13.8. The molecule has 2 aliphatic heterocycles. The number of nitrogens with one attached hydrogen (secondary N) is 1. The maximum absolute atomic E-state index is 12.5. The van der Waals surface area contributed by atoms with Crippen molar-refractivity contribution in [2.45, 2.75) is 0 Å². The molecule has 0 atom stereocenters. The molecule has 132 valence electrons. The number of likely N-dealkylation sites (N-methyl/N-ethyl adjacent to an activating group) is 1. The van der Waals surface area contributed by atoms with Gasteiger partial charge in [-0.3, -0.25) is 19.3 Å². The molecule has 0 unspecified atom stereocenters. The molecule has 3 amide bonds. The maximum atomic E-state index is 12.5. The predicted octanol–water partition coefficient (Wildman–Crippen LogP) is 0.733. The summed E-state index contributed by atoms with van der Waals surface area (Å²) in [6.07, 6.45) is 1.64. The molecule has 1 N–H and O–H groups in total. The number of thioether (sulfide) groups is 1. The first-order valence-corrected chi connectivity index (χ1v) is 9.23. The van der Waals surface area contributed by atoms with Crippen LogP contribution in [0.15, 0.2) is 29.2 Å². The van der Waals surface area contributed by atoms with Crippen molar-refractivity contribution in [2.75, 3.05) is 39.8 Å². The Bertz CT molecular complexity index is 727. The van der Waals surface area contributed by atoms with Crippen molar-refractivity contribution in [1.29, 1.82) is 0 Å². The first-order valence-electron chi connectivity index (χ1n) is 8.04. The Labute approximate surface area is 155 Å². The van der Waals surface area contributed by atoms with Crippen molar-refractivity contribution in [1.82, 2.24) is 9.80 Å². The van der Waals surface area contributed by atoms with Crippen LogP contribution in [0.3, 0.4) is 0 Å². The van der Waals surface area contributed by atoms with Crippen molar-refractivity contribution in [3.63, 3.8) is 0 Å². The van der Waals surface area contributed by atoms with Crippen LogP contribution in [-0.2, 0) is 9.59 Å². The minimum Gasteiger partial charge on any atom is -0.334 e. The van der Waals surface area contributed by atoms with E-state index in [9.17, 15) is 14.4 Å². The second-order valence-corrected chi connectivity index (χ2v) is 7.59. The summed E-state index contributed by atoms with van der Waals surface area (Å²) in [6.45, 7) is 2.87. The first kappa shape index (κ1) is 18.0. The molecule has 3 rings (SSSR count). The van der Waals surface area contributed by atoms with Gasteiger partial charge in [0.1, 0.15) is 6.54 Å². The number of imide groups is 1.